The second-order valence-corrected chi connectivity index (χ2v) is 4.12. The van der Waals surface area contributed by atoms with E-state index in [1.54, 1.807) is 29.0 Å². The van der Waals surface area contributed by atoms with E-state index in [0.717, 1.165) is 16.4 Å². The highest BCUT2D eigenvalue weighted by Gasteiger charge is 2.08. The van der Waals surface area contributed by atoms with Crippen LogP contribution in [-0.4, -0.2) is 20.6 Å². The number of carbonyl (C=O) groups is 1. The van der Waals surface area contributed by atoms with Gasteiger partial charge in [-0.1, -0.05) is 6.07 Å². The summed E-state index contributed by atoms with van der Waals surface area (Å²) in [5, 5.41) is 10.7. The van der Waals surface area contributed by atoms with Gasteiger partial charge >= 0.3 is 5.97 Å². The highest BCUT2D eigenvalue weighted by molar-refractivity contribution is 7.13. The van der Waals surface area contributed by atoms with Crippen molar-refractivity contribution < 1.29 is 9.90 Å². The van der Waals surface area contributed by atoms with E-state index < -0.39 is 5.97 Å². The average Bonchev–Trinajstić information content (AvgIpc) is 2.75. The summed E-state index contributed by atoms with van der Waals surface area (Å²) in [6.07, 6.45) is 1.77. The molecule has 5 heteroatoms. The molecule has 78 valence electrons. The molecule has 0 saturated carbocycles. The minimum absolute atomic E-state index is 0.0375. The summed E-state index contributed by atoms with van der Waals surface area (Å²) in [5.74, 6) is -0.131. The number of thiophene rings is 1. The predicted molar refractivity (Wildman–Crippen MR) is 57.9 cm³/mol. The number of carboxylic acids is 1. The maximum absolute atomic E-state index is 10.6. The minimum atomic E-state index is -0.853. The van der Waals surface area contributed by atoms with Gasteiger partial charge in [0.05, 0.1) is 10.6 Å². The Labute approximate surface area is 90.8 Å². The molecule has 4 nitrogen and oxygen atoms in total. The number of aryl methyl sites for hydroxylation is 1. The van der Waals surface area contributed by atoms with E-state index in [4.69, 9.17) is 5.11 Å². The number of imidazole rings is 1. The Hall–Kier alpha value is -1.62. The van der Waals surface area contributed by atoms with E-state index in [0.29, 0.717) is 0 Å². The molecule has 0 saturated heterocycles. The first kappa shape index (κ1) is 9.92. The highest BCUT2D eigenvalue weighted by Crippen LogP contribution is 2.23. The molecule has 0 fully saturated rings. The predicted octanol–water partition coefficient (Wildman–Crippen LogP) is 2.00. The van der Waals surface area contributed by atoms with Gasteiger partial charge in [-0.2, -0.15) is 0 Å². The molecule has 0 aliphatic carbocycles. The Morgan fingerprint density at radius 1 is 1.67 bits per heavy atom. The Bertz CT molecular complexity index is 474. The average molecular weight is 222 g/mol. The summed E-state index contributed by atoms with van der Waals surface area (Å²) in [4.78, 5) is 15.9. The van der Waals surface area contributed by atoms with E-state index in [-0.39, 0.29) is 6.54 Å². The smallest absolute Gasteiger partial charge is 0.323 e. The van der Waals surface area contributed by atoms with Crippen LogP contribution >= 0.6 is 11.3 Å². The van der Waals surface area contributed by atoms with Crippen molar-refractivity contribution in [2.24, 2.45) is 0 Å². The van der Waals surface area contributed by atoms with Gasteiger partial charge in [-0.3, -0.25) is 4.79 Å². The molecule has 0 aliphatic rings. The van der Waals surface area contributed by atoms with Crippen LogP contribution in [0, 0.1) is 6.92 Å². The lowest BCUT2D eigenvalue weighted by molar-refractivity contribution is -0.137. The quantitative estimate of drug-likeness (QED) is 0.864. The topological polar surface area (TPSA) is 55.1 Å². The fourth-order valence-corrected chi connectivity index (χ4v) is 2.04. The number of aromatic nitrogens is 2. The van der Waals surface area contributed by atoms with Crippen LogP contribution in [0.25, 0.3) is 10.6 Å². The fourth-order valence-electron chi connectivity index (χ4n) is 1.36. The molecule has 2 aromatic rings. The highest BCUT2D eigenvalue weighted by atomic mass is 32.1. The van der Waals surface area contributed by atoms with Gasteiger partial charge in [-0.25, -0.2) is 4.98 Å². The summed E-state index contributed by atoms with van der Waals surface area (Å²) in [7, 11) is 0. The molecule has 0 aliphatic heterocycles. The van der Waals surface area contributed by atoms with Crippen LogP contribution in [0.2, 0.25) is 0 Å². The van der Waals surface area contributed by atoms with Gasteiger partial charge in [-0.05, 0) is 18.4 Å². The Morgan fingerprint density at radius 3 is 3.07 bits per heavy atom. The van der Waals surface area contributed by atoms with Gasteiger partial charge in [-0.15, -0.1) is 11.3 Å². The van der Waals surface area contributed by atoms with Crippen molar-refractivity contribution in [2.75, 3.05) is 0 Å². The lowest BCUT2D eigenvalue weighted by atomic mass is 10.4. The summed E-state index contributed by atoms with van der Waals surface area (Å²) < 4.78 is 1.64. The van der Waals surface area contributed by atoms with Gasteiger partial charge in [0.15, 0.2) is 0 Å². The molecule has 0 bridgehead atoms. The number of hydrogen-bond acceptors (Lipinski definition) is 3. The minimum Gasteiger partial charge on any atom is -0.480 e. The molecule has 0 atom stereocenters. The van der Waals surface area contributed by atoms with E-state index in [1.165, 1.54) is 0 Å². The molecular formula is C10H10N2O2S. The van der Waals surface area contributed by atoms with E-state index >= 15 is 0 Å². The van der Waals surface area contributed by atoms with Gasteiger partial charge in [0, 0.05) is 6.20 Å². The zero-order valence-corrected chi connectivity index (χ0v) is 8.99. The standard InChI is InChI=1S/C10H10N2O2S/c1-7-11-8(9-3-2-4-15-9)5-12(7)6-10(13)14/h2-5H,6H2,1H3,(H,13,14). The SMILES string of the molecule is Cc1nc(-c2cccs2)cn1CC(=O)O. The molecule has 0 aromatic carbocycles. The van der Waals surface area contributed by atoms with E-state index in [2.05, 4.69) is 4.98 Å². The van der Waals surface area contributed by atoms with Crippen LogP contribution in [0.3, 0.4) is 0 Å². The second kappa shape index (κ2) is 3.86. The third-order valence-corrected chi connectivity index (χ3v) is 2.95. The zero-order chi connectivity index (χ0) is 10.8. The Kier molecular flexibility index (Phi) is 2.55. The van der Waals surface area contributed by atoms with Crippen molar-refractivity contribution in [3.8, 4) is 10.6 Å². The molecule has 0 unspecified atom stereocenters. The van der Waals surface area contributed by atoms with Crippen molar-refractivity contribution >= 4 is 17.3 Å². The van der Waals surface area contributed by atoms with Crippen LogP contribution in [-0.2, 0) is 11.3 Å². The third-order valence-electron chi connectivity index (χ3n) is 2.06. The normalized spacial score (nSPS) is 10.5. The second-order valence-electron chi connectivity index (χ2n) is 3.17. The first-order chi connectivity index (χ1) is 7.16. The molecule has 1 N–H and O–H groups in total. The largest absolute Gasteiger partial charge is 0.480 e. The maximum atomic E-state index is 10.6. The molecule has 2 aromatic heterocycles. The lowest BCUT2D eigenvalue weighted by Crippen LogP contribution is -2.08. The molecule has 15 heavy (non-hydrogen) atoms. The first-order valence-electron chi connectivity index (χ1n) is 4.46. The summed E-state index contributed by atoms with van der Waals surface area (Å²) >= 11 is 1.59. The number of rotatable bonds is 3. The van der Waals surface area contributed by atoms with Gasteiger partial charge in [0.25, 0.3) is 0 Å². The van der Waals surface area contributed by atoms with Crippen LogP contribution in [0.15, 0.2) is 23.7 Å². The third kappa shape index (κ3) is 2.07. The Balaban J connectivity index is 2.33. The molecule has 2 rings (SSSR count). The van der Waals surface area contributed by atoms with E-state index in [1.807, 2.05) is 17.5 Å². The summed E-state index contributed by atoms with van der Waals surface area (Å²) in [5.41, 5.74) is 0.837. The van der Waals surface area contributed by atoms with Crippen molar-refractivity contribution in [1.29, 1.82) is 0 Å². The number of hydrogen-bond donors (Lipinski definition) is 1. The molecular weight excluding hydrogens is 212 g/mol. The van der Waals surface area contributed by atoms with Crippen LogP contribution in [0.4, 0.5) is 0 Å². The number of aliphatic carboxylic acids is 1. The van der Waals surface area contributed by atoms with Crippen LogP contribution in [0.1, 0.15) is 5.82 Å². The number of carboxylic acid groups (broad SMARTS) is 1. The molecule has 0 radical (unpaired) electrons. The fraction of sp³-hybridized carbons (Fsp3) is 0.200. The Morgan fingerprint density at radius 2 is 2.47 bits per heavy atom. The maximum Gasteiger partial charge on any atom is 0.323 e. The van der Waals surface area contributed by atoms with Crippen LogP contribution < -0.4 is 0 Å². The molecule has 0 spiro atoms. The monoisotopic (exact) mass is 222 g/mol. The number of nitrogens with zero attached hydrogens (tertiary/aromatic N) is 2. The van der Waals surface area contributed by atoms with Crippen molar-refractivity contribution in [2.45, 2.75) is 13.5 Å². The molecule has 0 amide bonds. The van der Waals surface area contributed by atoms with Crippen molar-refractivity contribution in [3.63, 3.8) is 0 Å². The van der Waals surface area contributed by atoms with Gasteiger partial charge in [0.1, 0.15) is 12.4 Å². The summed E-state index contributed by atoms with van der Waals surface area (Å²) in [6, 6.07) is 3.92. The van der Waals surface area contributed by atoms with Crippen molar-refractivity contribution in [3.05, 3.63) is 29.5 Å². The van der Waals surface area contributed by atoms with E-state index in [9.17, 15) is 4.79 Å². The first-order valence-corrected chi connectivity index (χ1v) is 5.34. The van der Waals surface area contributed by atoms with Gasteiger partial charge in [0.2, 0.25) is 0 Å². The summed E-state index contributed by atoms with van der Waals surface area (Å²) in [6.45, 7) is 1.77. The lowest BCUT2D eigenvalue weighted by Gasteiger charge is -1.97. The molecule has 2 heterocycles. The zero-order valence-electron chi connectivity index (χ0n) is 8.17. The van der Waals surface area contributed by atoms with Gasteiger partial charge < -0.3 is 9.67 Å². The van der Waals surface area contributed by atoms with Crippen molar-refractivity contribution in [1.82, 2.24) is 9.55 Å². The van der Waals surface area contributed by atoms with Crippen LogP contribution in [0.5, 0.6) is 0 Å².